The SMILES string of the molecule is COc1ccnc(S(=O)O)c1. The summed E-state index contributed by atoms with van der Waals surface area (Å²) in [6.07, 6.45) is 1.42. The topological polar surface area (TPSA) is 59.4 Å². The third-order valence-corrected chi connectivity index (χ3v) is 1.70. The quantitative estimate of drug-likeness (QED) is 0.668. The first-order chi connectivity index (χ1) is 5.24. The smallest absolute Gasteiger partial charge is 0.205 e. The molecular weight excluding hydrogens is 166 g/mol. The molecule has 0 aliphatic heterocycles. The van der Waals surface area contributed by atoms with E-state index in [1.807, 2.05) is 0 Å². The first kappa shape index (κ1) is 8.16. The van der Waals surface area contributed by atoms with Gasteiger partial charge in [0.2, 0.25) is 11.1 Å². The van der Waals surface area contributed by atoms with E-state index in [9.17, 15) is 4.21 Å². The molecule has 0 radical (unpaired) electrons. The maximum Gasteiger partial charge on any atom is 0.205 e. The molecule has 5 heteroatoms. The minimum atomic E-state index is -2.03. The van der Waals surface area contributed by atoms with Crippen LogP contribution in [0.1, 0.15) is 0 Å². The molecule has 1 heterocycles. The van der Waals surface area contributed by atoms with Crippen molar-refractivity contribution in [2.75, 3.05) is 7.11 Å². The summed E-state index contributed by atoms with van der Waals surface area (Å²) in [5.41, 5.74) is 0. The van der Waals surface area contributed by atoms with Gasteiger partial charge in [-0.1, -0.05) is 0 Å². The fourth-order valence-electron chi connectivity index (χ4n) is 0.614. The monoisotopic (exact) mass is 173 g/mol. The van der Waals surface area contributed by atoms with Crippen LogP contribution in [0.25, 0.3) is 0 Å². The van der Waals surface area contributed by atoms with Crippen LogP contribution in [0.3, 0.4) is 0 Å². The fraction of sp³-hybridized carbons (Fsp3) is 0.167. The van der Waals surface area contributed by atoms with Crippen molar-refractivity contribution in [1.29, 1.82) is 0 Å². The van der Waals surface area contributed by atoms with E-state index in [1.165, 1.54) is 19.4 Å². The predicted molar refractivity (Wildman–Crippen MR) is 39.8 cm³/mol. The van der Waals surface area contributed by atoms with Crippen LogP contribution in [0.4, 0.5) is 0 Å². The van der Waals surface area contributed by atoms with Gasteiger partial charge in [-0.05, 0) is 6.07 Å². The van der Waals surface area contributed by atoms with Crippen molar-refractivity contribution in [3.05, 3.63) is 18.3 Å². The Kier molecular flexibility index (Phi) is 2.56. The molecule has 1 unspecified atom stereocenters. The van der Waals surface area contributed by atoms with Crippen LogP contribution in [-0.2, 0) is 11.1 Å². The molecule has 1 N–H and O–H groups in total. The van der Waals surface area contributed by atoms with Crippen LogP contribution in [0, 0.1) is 0 Å². The molecule has 0 spiro atoms. The van der Waals surface area contributed by atoms with E-state index < -0.39 is 11.1 Å². The number of rotatable bonds is 2. The number of ether oxygens (including phenoxy) is 1. The molecule has 11 heavy (non-hydrogen) atoms. The molecule has 0 amide bonds. The van der Waals surface area contributed by atoms with E-state index in [1.54, 1.807) is 6.07 Å². The zero-order valence-corrected chi connectivity index (χ0v) is 6.67. The summed E-state index contributed by atoms with van der Waals surface area (Å²) in [7, 11) is 1.49. The maximum atomic E-state index is 10.5. The number of nitrogens with zero attached hydrogens (tertiary/aromatic N) is 1. The van der Waals surface area contributed by atoms with Crippen molar-refractivity contribution in [3.63, 3.8) is 0 Å². The molecule has 0 saturated carbocycles. The van der Waals surface area contributed by atoms with Crippen molar-refractivity contribution in [1.82, 2.24) is 4.98 Å². The largest absolute Gasteiger partial charge is 0.497 e. The molecule has 0 fully saturated rings. The number of hydrogen-bond donors (Lipinski definition) is 1. The molecule has 60 valence electrons. The Bertz CT molecular complexity index is 276. The molecule has 1 aromatic heterocycles. The highest BCUT2D eigenvalue weighted by molar-refractivity contribution is 7.79. The van der Waals surface area contributed by atoms with Crippen molar-refractivity contribution in [2.24, 2.45) is 0 Å². The fourth-order valence-corrected chi connectivity index (χ4v) is 0.982. The summed E-state index contributed by atoms with van der Waals surface area (Å²) in [6, 6.07) is 3.02. The molecular formula is C6H7NO3S. The van der Waals surface area contributed by atoms with Crippen LogP contribution >= 0.6 is 0 Å². The average Bonchev–Trinajstić information content (AvgIpc) is 2.05. The second-order valence-electron chi connectivity index (χ2n) is 1.78. The molecule has 0 aromatic carbocycles. The normalized spacial score (nSPS) is 12.5. The number of hydrogen-bond acceptors (Lipinski definition) is 3. The highest BCUT2D eigenvalue weighted by Crippen LogP contribution is 2.11. The van der Waals surface area contributed by atoms with E-state index in [4.69, 9.17) is 9.29 Å². The minimum Gasteiger partial charge on any atom is -0.497 e. The third kappa shape index (κ3) is 1.99. The molecule has 1 aromatic rings. The second-order valence-corrected chi connectivity index (χ2v) is 2.70. The van der Waals surface area contributed by atoms with Gasteiger partial charge in [0.25, 0.3) is 0 Å². The minimum absolute atomic E-state index is 0.101. The Morgan fingerprint density at radius 1 is 1.73 bits per heavy atom. The third-order valence-electron chi connectivity index (χ3n) is 1.12. The Hall–Kier alpha value is -0.940. The Labute approximate surface area is 66.5 Å². The van der Waals surface area contributed by atoms with Gasteiger partial charge in [-0.25, -0.2) is 9.19 Å². The summed E-state index contributed by atoms with van der Waals surface area (Å²) in [5, 5.41) is 0.101. The standard InChI is InChI=1S/C6H7NO3S/c1-10-5-2-3-7-6(4-5)11(8)9/h2-4H,1H3,(H,8,9). The molecule has 1 atom stereocenters. The Balaban J connectivity index is 3.01. The first-order valence-electron chi connectivity index (χ1n) is 2.85. The Morgan fingerprint density at radius 2 is 2.45 bits per heavy atom. The predicted octanol–water partition coefficient (Wildman–Crippen LogP) is 0.671. The van der Waals surface area contributed by atoms with E-state index in [2.05, 4.69) is 4.98 Å². The van der Waals surface area contributed by atoms with Crippen molar-refractivity contribution < 1.29 is 13.5 Å². The molecule has 4 nitrogen and oxygen atoms in total. The summed E-state index contributed by atoms with van der Waals surface area (Å²) in [4.78, 5) is 3.66. The first-order valence-corrected chi connectivity index (χ1v) is 3.95. The molecule has 1 rings (SSSR count). The van der Waals surface area contributed by atoms with Gasteiger partial charge in [0.15, 0.2) is 5.03 Å². The van der Waals surface area contributed by atoms with Gasteiger partial charge in [0.05, 0.1) is 7.11 Å². The van der Waals surface area contributed by atoms with Gasteiger partial charge < -0.3 is 9.29 Å². The van der Waals surface area contributed by atoms with Crippen LogP contribution in [0.5, 0.6) is 5.75 Å². The molecule has 0 aliphatic rings. The lowest BCUT2D eigenvalue weighted by atomic mass is 10.5. The lowest BCUT2D eigenvalue weighted by molar-refractivity contribution is 0.412. The highest BCUT2D eigenvalue weighted by atomic mass is 32.2. The second kappa shape index (κ2) is 3.45. The van der Waals surface area contributed by atoms with Crippen LogP contribution in [0.2, 0.25) is 0 Å². The zero-order chi connectivity index (χ0) is 8.27. The molecule has 0 aliphatic carbocycles. The summed E-state index contributed by atoms with van der Waals surface area (Å²) in [6.45, 7) is 0. The average molecular weight is 173 g/mol. The number of pyridine rings is 1. The van der Waals surface area contributed by atoms with Gasteiger partial charge >= 0.3 is 0 Å². The van der Waals surface area contributed by atoms with Gasteiger partial charge in [0.1, 0.15) is 5.75 Å². The van der Waals surface area contributed by atoms with E-state index in [0.717, 1.165) is 0 Å². The van der Waals surface area contributed by atoms with Crippen molar-refractivity contribution >= 4 is 11.1 Å². The maximum absolute atomic E-state index is 10.5. The highest BCUT2D eigenvalue weighted by Gasteiger charge is 2.01. The van der Waals surface area contributed by atoms with E-state index in [-0.39, 0.29) is 5.03 Å². The van der Waals surface area contributed by atoms with Gasteiger partial charge in [0, 0.05) is 12.3 Å². The van der Waals surface area contributed by atoms with Gasteiger partial charge in [-0.15, -0.1) is 0 Å². The van der Waals surface area contributed by atoms with Crippen LogP contribution in [0.15, 0.2) is 23.4 Å². The number of aromatic nitrogens is 1. The van der Waals surface area contributed by atoms with Crippen molar-refractivity contribution in [3.8, 4) is 5.75 Å². The zero-order valence-electron chi connectivity index (χ0n) is 5.85. The summed E-state index contributed by atoms with van der Waals surface area (Å²) in [5.74, 6) is 0.525. The van der Waals surface area contributed by atoms with Gasteiger partial charge in [-0.2, -0.15) is 0 Å². The lowest BCUT2D eigenvalue weighted by Crippen LogP contribution is -1.93. The molecule has 0 saturated heterocycles. The number of methoxy groups -OCH3 is 1. The van der Waals surface area contributed by atoms with E-state index in [0.29, 0.717) is 5.75 Å². The summed E-state index contributed by atoms with van der Waals surface area (Å²) < 4.78 is 23.9. The van der Waals surface area contributed by atoms with Crippen molar-refractivity contribution in [2.45, 2.75) is 5.03 Å². The van der Waals surface area contributed by atoms with Crippen LogP contribution in [-0.4, -0.2) is 20.9 Å². The van der Waals surface area contributed by atoms with E-state index >= 15 is 0 Å². The summed E-state index contributed by atoms with van der Waals surface area (Å²) >= 11 is -2.03. The van der Waals surface area contributed by atoms with Crippen LogP contribution < -0.4 is 4.74 Å². The van der Waals surface area contributed by atoms with Gasteiger partial charge in [-0.3, -0.25) is 0 Å². The lowest BCUT2D eigenvalue weighted by Gasteiger charge is -1.98. The Morgan fingerprint density at radius 3 is 3.00 bits per heavy atom. The molecule has 0 bridgehead atoms.